The summed E-state index contributed by atoms with van der Waals surface area (Å²) < 4.78 is 0. The summed E-state index contributed by atoms with van der Waals surface area (Å²) in [6.45, 7) is 6.84. The molecule has 0 fully saturated rings. The van der Waals surface area contributed by atoms with Crippen molar-refractivity contribution in [3.8, 4) is 0 Å². The molecule has 0 unspecified atom stereocenters. The average molecular weight is 296 g/mol. The summed E-state index contributed by atoms with van der Waals surface area (Å²) in [7, 11) is 0. The summed E-state index contributed by atoms with van der Waals surface area (Å²) in [4.78, 5) is 17.5. The zero-order valence-corrected chi connectivity index (χ0v) is 13.4. The predicted octanol–water partition coefficient (Wildman–Crippen LogP) is 3.57. The van der Waals surface area contributed by atoms with Crippen LogP contribution >= 0.6 is 0 Å². The van der Waals surface area contributed by atoms with Gasteiger partial charge in [-0.05, 0) is 36.5 Å². The SMILES string of the molecule is CC(C)CC1=CC(=O)CN(CCc2c[nH]c3ccccc23)C1. The first kappa shape index (κ1) is 15.0. The minimum atomic E-state index is 0.251. The third kappa shape index (κ3) is 3.47. The summed E-state index contributed by atoms with van der Waals surface area (Å²) in [5.41, 5.74) is 3.81. The van der Waals surface area contributed by atoms with Gasteiger partial charge < -0.3 is 4.98 Å². The third-order valence-corrected chi connectivity index (χ3v) is 4.21. The Bertz CT molecular complexity index is 696. The molecule has 116 valence electrons. The van der Waals surface area contributed by atoms with Gasteiger partial charge in [0.1, 0.15) is 0 Å². The van der Waals surface area contributed by atoms with Crippen LogP contribution in [0, 0.1) is 5.92 Å². The smallest absolute Gasteiger partial charge is 0.169 e. The first-order valence-electron chi connectivity index (χ1n) is 8.11. The number of nitrogens with zero attached hydrogens (tertiary/aromatic N) is 1. The van der Waals surface area contributed by atoms with E-state index in [1.807, 2.05) is 6.08 Å². The van der Waals surface area contributed by atoms with Crippen LogP contribution in [0.25, 0.3) is 10.9 Å². The van der Waals surface area contributed by atoms with E-state index in [1.165, 1.54) is 22.0 Å². The van der Waals surface area contributed by atoms with Gasteiger partial charge in [-0.25, -0.2) is 0 Å². The van der Waals surface area contributed by atoms with Gasteiger partial charge in [0.2, 0.25) is 0 Å². The Hall–Kier alpha value is -1.87. The Morgan fingerprint density at radius 1 is 1.23 bits per heavy atom. The fourth-order valence-electron chi connectivity index (χ4n) is 3.31. The lowest BCUT2D eigenvalue weighted by Crippen LogP contribution is -2.36. The molecule has 22 heavy (non-hydrogen) atoms. The Labute approximate surface area is 132 Å². The second-order valence-corrected chi connectivity index (χ2v) is 6.69. The first-order valence-corrected chi connectivity index (χ1v) is 8.11. The molecular weight excluding hydrogens is 272 g/mol. The number of carbonyl (C=O) groups is 1. The fraction of sp³-hybridized carbons (Fsp3) is 0.421. The number of hydrogen-bond donors (Lipinski definition) is 1. The highest BCUT2D eigenvalue weighted by Gasteiger charge is 2.18. The van der Waals surface area contributed by atoms with Crippen LogP contribution in [0.3, 0.4) is 0 Å². The van der Waals surface area contributed by atoms with Crippen LogP contribution in [0.1, 0.15) is 25.8 Å². The van der Waals surface area contributed by atoms with Gasteiger partial charge in [-0.2, -0.15) is 0 Å². The van der Waals surface area contributed by atoms with E-state index in [1.54, 1.807) is 0 Å². The molecular formula is C19H24N2O. The summed E-state index contributed by atoms with van der Waals surface area (Å²) in [5, 5.41) is 1.30. The minimum absolute atomic E-state index is 0.251. The maximum Gasteiger partial charge on any atom is 0.169 e. The van der Waals surface area contributed by atoms with Gasteiger partial charge in [-0.15, -0.1) is 0 Å². The Kier molecular flexibility index (Phi) is 4.44. The summed E-state index contributed by atoms with van der Waals surface area (Å²) in [6.07, 6.45) is 5.96. The molecule has 3 heteroatoms. The molecule has 0 amide bonds. The van der Waals surface area contributed by atoms with Crippen molar-refractivity contribution in [1.29, 1.82) is 0 Å². The van der Waals surface area contributed by atoms with Gasteiger partial charge in [0.05, 0.1) is 6.54 Å². The standard InChI is InChI=1S/C19H24N2O/c1-14(2)9-15-10-17(22)13-21(12-15)8-7-16-11-20-19-6-4-3-5-18(16)19/h3-6,10-11,14,20H,7-9,12-13H2,1-2H3. The van der Waals surface area contributed by atoms with Crippen LogP contribution < -0.4 is 0 Å². The lowest BCUT2D eigenvalue weighted by Gasteiger charge is -2.27. The van der Waals surface area contributed by atoms with Gasteiger partial charge in [0.25, 0.3) is 0 Å². The number of rotatable bonds is 5. The number of benzene rings is 1. The fourth-order valence-corrected chi connectivity index (χ4v) is 3.31. The molecule has 0 aliphatic carbocycles. The molecule has 0 atom stereocenters. The molecule has 2 heterocycles. The Balaban J connectivity index is 1.64. The van der Waals surface area contributed by atoms with Gasteiger partial charge in [0, 0.05) is 30.2 Å². The zero-order valence-electron chi connectivity index (χ0n) is 13.4. The number of aromatic nitrogens is 1. The van der Waals surface area contributed by atoms with E-state index < -0.39 is 0 Å². The van der Waals surface area contributed by atoms with Crippen molar-refractivity contribution in [2.75, 3.05) is 19.6 Å². The van der Waals surface area contributed by atoms with Gasteiger partial charge in [-0.1, -0.05) is 37.6 Å². The van der Waals surface area contributed by atoms with Gasteiger partial charge >= 0.3 is 0 Å². The van der Waals surface area contributed by atoms with E-state index in [-0.39, 0.29) is 5.78 Å². The highest BCUT2D eigenvalue weighted by Crippen LogP contribution is 2.20. The van der Waals surface area contributed by atoms with E-state index in [4.69, 9.17) is 0 Å². The number of nitrogens with one attached hydrogen (secondary N) is 1. The molecule has 0 bridgehead atoms. The van der Waals surface area contributed by atoms with Crippen molar-refractivity contribution in [3.63, 3.8) is 0 Å². The Morgan fingerprint density at radius 2 is 2.05 bits per heavy atom. The van der Waals surface area contributed by atoms with Crippen molar-refractivity contribution < 1.29 is 4.79 Å². The first-order chi connectivity index (χ1) is 10.6. The molecule has 2 aromatic rings. The van der Waals surface area contributed by atoms with E-state index in [0.29, 0.717) is 12.5 Å². The number of carbonyl (C=O) groups excluding carboxylic acids is 1. The van der Waals surface area contributed by atoms with Gasteiger partial charge in [0.15, 0.2) is 5.78 Å². The lowest BCUT2D eigenvalue weighted by molar-refractivity contribution is -0.116. The van der Waals surface area contributed by atoms with Crippen LogP contribution in [0.2, 0.25) is 0 Å². The van der Waals surface area contributed by atoms with E-state index in [9.17, 15) is 4.79 Å². The van der Waals surface area contributed by atoms with Crippen LogP contribution in [0.4, 0.5) is 0 Å². The molecule has 1 aliphatic heterocycles. The quantitative estimate of drug-likeness (QED) is 0.915. The lowest BCUT2D eigenvalue weighted by atomic mass is 9.98. The molecule has 1 N–H and O–H groups in total. The maximum atomic E-state index is 11.9. The summed E-state index contributed by atoms with van der Waals surface area (Å²) in [5.74, 6) is 0.855. The van der Waals surface area contributed by atoms with Crippen LogP contribution in [-0.2, 0) is 11.2 Å². The highest BCUT2D eigenvalue weighted by molar-refractivity contribution is 5.93. The van der Waals surface area contributed by atoms with Crippen molar-refractivity contribution >= 4 is 16.7 Å². The number of fused-ring (bicyclic) bond motifs is 1. The number of H-pyrrole nitrogens is 1. The normalized spacial score (nSPS) is 16.5. The molecule has 0 radical (unpaired) electrons. The van der Waals surface area contributed by atoms with Gasteiger partial charge in [-0.3, -0.25) is 9.69 Å². The molecule has 1 aliphatic rings. The molecule has 1 aromatic heterocycles. The van der Waals surface area contributed by atoms with Crippen molar-refractivity contribution in [3.05, 3.63) is 47.7 Å². The molecule has 3 rings (SSSR count). The van der Waals surface area contributed by atoms with Crippen LogP contribution in [0.5, 0.6) is 0 Å². The topological polar surface area (TPSA) is 36.1 Å². The van der Waals surface area contributed by atoms with E-state index >= 15 is 0 Å². The number of aromatic amines is 1. The maximum absolute atomic E-state index is 11.9. The molecule has 0 spiro atoms. The predicted molar refractivity (Wildman–Crippen MR) is 91.0 cm³/mol. The number of para-hydroxylation sites is 1. The van der Waals surface area contributed by atoms with E-state index in [2.05, 4.69) is 54.2 Å². The van der Waals surface area contributed by atoms with Crippen molar-refractivity contribution in [2.45, 2.75) is 26.7 Å². The highest BCUT2D eigenvalue weighted by atomic mass is 16.1. The zero-order chi connectivity index (χ0) is 15.5. The van der Waals surface area contributed by atoms with Crippen LogP contribution in [0.15, 0.2) is 42.1 Å². The average Bonchev–Trinajstić information content (AvgIpc) is 2.87. The largest absolute Gasteiger partial charge is 0.361 e. The van der Waals surface area contributed by atoms with E-state index in [0.717, 1.165) is 25.9 Å². The molecule has 1 aromatic carbocycles. The number of ketones is 1. The minimum Gasteiger partial charge on any atom is -0.361 e. The summed E-state index contributed by atoms with van der Waals surface area (Å²) in [6, 6.07) is 8.39. The third-order valence-electron chi connectivity index (χ3n) is 4.21. The Morgan fingerprint density at radius 3 is 2.86 bits per heavy atom. The molecule has 0 saturated carbocycles. The summed E-state index contributed by atoms with van der Waals surface area (Å²) >= 11 is 0. The second kappa shape index (κ2) is 6.49. The van der Waals surface area contributed by atoms with Crippen LogP contribution in [-0.4, -0.2) is 35.3 Å². The monoisotopic (exact) mass is 296 g/mol. The van der Waals surface area contributed by atoms with Crippen molar-refractivity contribution in [2.24, 2.45) is 5.92 Å². The number of hydrogen-bond acceptors (Lipinski definition) is 2. The molecule has 0 saturated heterocycles. The second-order valence-electron chi connectivity index (χ2n) is 6.69. The molecule has 3 nitrogen and oxygen atoms in total. The van der Waals surface area contributed by atoms with Crippen molar-refractivity contribution in [1.82, 2.24) is 9.88 Å².